The first-order valence-electron chi connectivity index (χ1n) is 7.15. The largest absolute Gasteiger partial charge is 0.508 e. The molecule has 1 aliphatic carbocycles. The van der Waals surface area contributed by atoms with Gasteiger partial charge in [0.25, 0.3) is 0 Å². The number of carbonyl (C=O) groups excluding carboxylic acids is 1. The first-order valence-corrected chi connectivity index (χ1v) is 10.3. The SMILES string of the molecule is O=C1C=CC(=C(c2ccc(O)cc2)c2cc(Br)c(Br)c(Br)c2Br)C=C1. The summed E-state index contributed by atoms with van der Waals surface area (Å²) in [6.45, 7) is 0. The summed E-state index contributed by atoms with van der Waals surface area (Å²) in [4.78, 5) is 11.5. The van der Waals surface area contributed by atoms with E-state index in [4.69, 9.17) is 0 Å². The smallest absolute Gasteiger partial charge is 0.178 e. The van der Waals surface area contributed by atoms with Crippen LogP contribution in [0, 0.1) is 0 Å². The minimum Gasteiger partial charge on any atom is -0.508 e. The molecule has 126 valence electrons. The maximum Gasteiger partial charge on any atom is 0.178 e. The van der Waals surface area contributed by atoms with Gasteiger partial charge in [-0.05, 0) is 116 Å². The third-order valence-corrected chi connectivity index (χ3v) is 8.33. The maximum absolute atomic E-state index is 11.5. The standard InChI is InChI=1S/C19H10Br4O2/c20-15-9-14(17(21)19(23)18(15)22)16(10-1-5-12(24)6-2-10)11-3-7-13(25)8-4-11/h1-9,24H. The molecule has 2 aromatic rings. The molecule has 0 saturated carbocycles. The van der Waals surface area contributed by atoms with Gasteiger partial charge < -0.3 is 5.11 Å². The number of allylic oxidation sites excluding steroid dienone is 5. The van der Waals surface area contributed by atoms with E-state index >= 15 is 0 Å². The zero-order valence-electron chi connectivity index (χ0n) is 12.6. The van der Waals surface area contributed by atoms with E-state index < -0.39 is 0 Å². The first-order chi connectivity index (χ1) is 11.9. The van der Waals surface area contributed by atoms with Crippen LogP contribution in [0.4, 0.5) is 0 Å². The van der Waals surface area contributed by atoms with E-state index in [1.807, 2.05) is 18.2 Å². The Bertz CT molecular complexity index is 936. The van der Waals surface area contributed by atoms with Gasteiger partial charge in [0.15, 0.2) is 5.78 Å². The predicted octanol–water partition coefficient (Wildman–Crippen LogP) is 6.94. The fraction of sp³-hybridized carbons (Fsp3) is 0. The van der Waals surface area contributed by atoms with Crippen LogP contribution in [0.25, 0.3) is 5.57 Å². The highest BCUT2D eigenvalue weighted by molar-refractivity contribution is 9.15. The Labute approximate surface area is 178 Å². The molecule has 1 N–H and O–H groups in total. The third kappa shape index (κ3) is 3.92. The van der Waals surface area contributed by atoms with Crippen molar-refractivity contribution in [2.24, 2.45) is 0 Å². The second kappa shape index (κ2) is 7.74. The molecule has 0 spiro atoms. The molecule has 0 aliphatic heterocycles. The third-order valence-electron chi connectivity index (χ3n) is 3.67. The lowest BCUT2D eigenvalue weighted by atomic mass is 9.91. The zero-order chi connectivity index (χ0) is 18.1. The van der Waals surface area contributed by atoms with E-state index in [9.17, 15) is 9.90 Å². The van der Waals surface area contributed by atoms with Crippen molar-refractivity contribution in [3.05, 3.63) is 89.2 Å². The number of hydrogen-bond acceptors (Lipinski definition) is 2. The number of ketones is 1. The summed E-state index contributed by atoms with van der Waals surface area (Å²) in [6.07, 6.45) is 6.71. The van der Waals surface area contributed by atoms with Gasteiger partial charge in [0.1, 0.15) is 5.75 Å². The average molecular weight is 590 g/mol. The summed E-state index contributed by atoms with van der Waals surface area (Å²) in [5.41, 5.74) is 3.73. The van der Waals surface area contributed by atoms with E-state index in [-0.39, 0.29) is 11.5 Å². The molecule has 0 fully saturated rings. The van der Waals surface area contributed by atoms with Crippen molar-refractivity contribution in [1.29, 1.82) is 0 Å². The van der Waals surface area contributed by atoms with Crippen molar-refractivity contribution in [1.82, 2.24) is 0 Å². The van der Waals surface area contributed by atoms with Gasteiger partial charge in [0.05, 0.1) is 0 Å². The van der Waals surface area contributed by atoms with Crippen molar-refractivity contribution in [3.63, 3.8) is 0 Å². The fourth-order valence-corrected chi connectivity index (χ4v) is 4.69. The molecular formula is C19H10Br4O2. The topological polar surface area (TPSA) is 37.3 Å². The molecule has 0 amide bonds. The molecule has 6 heteroatoms. The van der Waals surface area contributed by atoms with Crippen LogP contribution in [0.2, 0.25) is 0 Å². The van der Waals surface area contributed by atoms with Crippen molar-refractivity contribution >= 4 is 75.1 Å². The lowest BCUT2D eigenvalue weighted by Crippen LogP contribution is -1.99. The zero-order valence-corrected chi connectivity index (χ0v) is 18.9. The van der Waals surface area contributed by atoms with Crippen molar-refractivity contribution < 1.29 is 9.90 Å². The second-order valence-corrected chi connectivity index (χ2v) is 8.53. The molecular weight excluding hydrogens is 580 g/mol. The number of carbonyl (C=O) groups is 1. The molecule has 0 bridgehead atoms. The van der Waals surface area contributed by atoms with E-state index in [2.05, 4.69) is 63.7 Å². The molecule has 0 aromatic heterocycles. The molecule has 3 rings (SSSR count). The van der Waals surface area contributed by atoms with Gasteiger partial charge in [-0.15, -0.1) is 0 Å². The number of rotatable bonds is 2. The Morgan fingerprint density at radius 1 is 0.800 bits per heavy atom. The van der Waals surface area contributed by atoms with E-state index in [1.54, 1.807) is 36.4 Å². The minimum atomic E-state index is -0.0361. The molecule has 0 unspecified atom stereocenters. The van der Waals surface area contributed by atoms with Gasteiger partial charge in [0, 0.05) is 17.9 Å². The molecule has 2 nitrogen and oxygen atoms in total. The van der Waals surface area contributed by atoms with Crippen LogP contribution in [0.3, 0.4) is 0 Å². The van der Waals surface area contributed by atoms with Crippen molar-refractivity contribution in [2.75, 3.05) is 0 Å². The van der Waals surface area contributed by atoms with Gasteiger partial charge >= 0.3 is 0 Å². The summed E-state index contributed by atoms with van der Waals surface area (Å²) in [5, 5.41) is 9.61. The van der Waals surface area contributed by atoms with Crippen LogP contribution < -0.4 is 0 Å². The summed E-state index contributed by atoms with van der Waals surface area (Å²) >= 11 is 14.4. The molecule has 25 heavy (non-hydrogen) atoms. The summed E-state index contributed by atoms with van der Waals surface area (Å²) in [7, 11) is 0. The Morgan fingerprint density at radius 3 is 2.00 bits per heavy atom. The lowest BCUT2D eigenvalue weighted by molar-refractivity contribution is -0.110. The molecule has 0 heterocycles. The van der Waals surface area contributed by atoms with E-state index in [1.165, 1.54) is 0 Å². The van der Waals surface area contributed by atoms with Crippen LogP contribution in [-0.4, -0.2) is 10.9 Å². The van der Waals surface area contributed by atoms with Crippen LogP contribution in [-0.2, 0) is 4.79 Å². The number of aromatic hydroxyl groups is 1. The predicted molar refractivity (Wildman–Crippen MR) is 115 cm³/mol. The lowest BCUT2D eigenvalue weighted by Gasteiger charge is -2.17. The van der Waals surface area contributed by atoms with E-state index in [0.717, 1.165) is 40.2 Å². The Balaban J connectivity index is 2.32. The van der Waals surface area contributed by atoms with E-state index in [0.29, 0.717) is 0 Å². The molecule has 0 atom stereocenters. The Morgan fingerprint density at radius 2 is 1.40 bits per heavy atom. The fourth-order valence-electron chi connectivity index (χ4n) is 2.48. The van der Waals surface area contributed by atoms with Crippen molar-refractivity contribution in [3.8, 4) is 5.75 Å². The Kier molecular flexibility index (Phi) is 5.83. The average Bonchev–Trinajstić information content (AvgIpc) is 2.61. The van der Waals surface area contributed by atoms with Gasteiger partial charge in [-0.25, -0.2) is 0 Å². The minimum absolute atomic E-state index is 0.0361. The summed E-state index contributed by atoms with van der Waals surface area (Å²) in [5.74, 6) is 0.168. The number of halogens is 4. The first kappa shape index (κ1) is 18.8. The number of hydrogen-bond donors (Lipinski definition) is 1. The number of phenolic OH excluding ortho intramolecular Hbond substituents is 1. The Hall–Kier alpha value is -0.950. The molecule has 0 radical (unpaired) electrons. The van der Waals surface area contributed by atoms with Crippen LogP contribution in [0.1, 0.15) is 11.1 Å². The molecule has 1 aliphatic rings. The van der Waals surface area contributed by atoms with Crippen LogP contribution in [0.15, 0.2) is 78.1 Å². The second-order valence-electron chi connectivity index (χ2n) is 5.29. The highest BCUT2D eigenvalue weighted by Gasteiger charge is 2.19. The highest BCUT2D eigenvalue weighted by atomic mass is 79.9. The van der Waals surface area contributed by atoms with Gasteiger partial charge in [-0.1, -0.05) is 24.3 Å². The number of phenols is 1. The molecule has 2 aromatic carbocycles. The van der Waals surface area contributed by atoms with Crippen LogP contribution >= 0.6 is 63.7 Å². The monoisotopic (exact) mass is 586 g/mol. The highest BCUT2D eigenvalue weighted by Crippen LogP contribution is 2.44. The maximum atomic E-state index is 11.5. The molecule has 0 saturated heterocycles. The van der Waals surface area contributed by atoms with Gasteiger partial charge in [-0.3, -0.25) is 4.79 Å². The van der Waals surface area contributed by atoms with Crippen LogP contribution in [0.5, 0.6) is 5.75 Å². The quantitative estimate of drug-likeness (QED) is 0.304. The van der Waals surface area contributed by atoms with Crippen molar-refractivity contribution in [2.45, 2.75) is 0 Å². The number of benzene rings is 2. The summed E-state index contributed by atoms with van der Waals surface area (Å²) in [6, 6.07) is 9.01. The van der Waals surface area contributed by atoms with Gasteiger partial charge in [0.2, 0.25) is 0 Å². The normalized spacial score (nSPS) is 13.4. The van der Waals surface area contributed by atoms with Gasteiger partial charge in [-0.2, -0.15) is 0 Å². The summed E-state index contributed by atoms with van der Waals surface area (Å²) < 4.78 is 3.57.